The van der Waals surface area contributed by atoms with E-state index in [-0.39, 0.29) is 31.1 Å². The lowest BCUT2D eigenvalue weighted by atomic mass is 9.99. The molecule has 0 radical (unpaired) electrons. The number of hydrogen-bond acceptors (Lipinski definition) is 6. The Morgan fingerprint density at radius 1 is 0.477 bits per heavy atom. The molecule has 0 aromatic heterocycles. The predicted octanol–water partition coefficient (Wildman–Crippen LogP) is 11.1. The van der Waals surface area contributed by atoms with E-state index in [0.29, 0.717) is 19.3 Å². The van der Waals surface area contributed by atoms with Crippen molar-refractivity contribution in [3.8, 4) is 0 Å². The summed E-state index contributed by atoms with van der Waals surface area (Å²) in [7, 11) is 0. The zero-order chi connectivity index (χ0) is 32.7. The van der Waals surface area contributed by atoms with Crippen LogP contribution < -0.4 is 0 Å². The minimum Gasteiger partial charge on any atom is -0.462 e. The summed E-state index contributed by atoms with van der Waals surface area (Å²) in [5.74, 6) is 0.723. The highest BCUT2D eigenvalue weighted by Gasteiger charge is 2.19. The summed E-state index contributed by atoms with van der Waals surface area (Å²) < 4.78 is 16.5. The lowest BCUT2D eigenvalue weighted by Gasteiger charge is -2.18. The largest absolute Gasteiger partial charge is 0.462 e. The molecule has 260 valence electrons. The molecule has 44 heavy (non-hydrogen) atoms. The van der Waals surface area contributed by atoms with Gasteiger partial charge < -0.3 is 14.2 Å². The number of ether oxygens (including phenoxy) is 3. The SMILES string of the molecule is CCCCCCCC(=O)O[C@H](COC(=O)CCCCCCCCCCC(C)CC)COC(=O)CCCCCCCCC(C)C. The van der Waals surface area contributed by atoms with Gasteiger partial charge in [0.05, 0.1) is 0 Å². The fourth-order valence-corrected chi connectivity index (χ4v) is 5.31. The van der Waals surface area contributed by atoms with Gasteiger partial charge in [0.1, 0.15) is 13.2 Å². The summed E-state index contributed by atoms with van der Waals surface area (Å²) in [5.41, 5.74) is 0. The third-order valence-electron chi connectivity index (χ3n) is 8.58. The monoisotopic (exact) mass is 625 g/mol. The number of esters is 3. The van der Waals surface area contributed by atoms with Gasteiger partial charge in [-0.05, 0) is 31.1 Å². The normalized spacial score (nSPS) is 12.7. The molecule has 0 heterocycles. The molecular formula is C38H72O6. The Hall–Kier alpha value is -1.59. The lowest BCUT2D eigenvalue weighted by molar-refractivity contribution is -0.167. The van der Waals surface area contributed by atoms with Crippen LogP contribution >= 0.6 is 0 Å². The first-order valence-corrected chi connectivity index (χ1v) is 18.8. The Morgan fingerprint density at radius 3 is 1.30 bits per heavy atom. The van der Waals surface area contributed by atoms with Crippen molar-refractivity contribution in [1.82, 2.24) is 0 Å². The van der Waals surface area contributed by atoms with E-state index in [9.17, 15) is 14.4 Å². The van der Waals surface area contributed by atoms with Crippen LogP contribution in [0, 0.1) is 11.8 Å². The van der Waals surface area contributed by atoms with Crippen LogP contribution in [0.5, 0.6) is 0 Å². The van der Waals surface area contributed by atoms with E-state index < -0.39 is 6.10 Å². The van der Waals surface area contributed by atoms with Gasteiger partial charge in [-0.2, -0.15) is 0 Å². The fraction of sp³-hybridized carbons (Fsp3) is 0.921. The minimum absolute atomic E-state index is 0.0687. The molecule has 0 aromatic rings. The van der Waals surface area contributed by atoms with Gasteiger partial charge in [0, 0.05) is 19.3 Å². The second kappa shape index (κ2) is 31.4. The van der Waals surface area contributed by atoms with E-state index in [1.165, 1.54) is 77.0 Å². The first-order chi connectivity index (χ1) is 21.3. The number of rotatable bonds is 32. The van der Waals surface area contributed by atoms with Crippen LogP contribution in [0.15, 0.2) is 0 Å². The molecule has 0 aliphatic rings. The summed E-state index contributed by atoms with van der Waals surface area (Å²) >= 11 is 0. The van der Waals surface area contributed by atoms with Gasteiger partial charge >= 0.3 is 17.9 Å². The van der Waals surface area contributed by atoms with Crippen LogP contribution in [0.4, 0.5) is 0 Å². The number of unbranched alkanes of at least 4 members (excludes halogenated alkanes) is 16. The van der Waals surface area contributed by atoms with E-state index in [1.54, 1.807) is 0 Å². The van der Waals surface area contributed by atoms with Crippen molar-refractivity contribution in [3.05, 3.63) is 0 Å². The molecule has 0 fully saturated rings. The number of hydrogen-bond donors (Lipinski definition) is 0. The molecule has 0 spiro atoms. The molecule has 0 saturated carbocycles. The number of carbonyl (C=O) groups excluding carboxylic acids is 3. The minimum atomic E-state index is -0.757. The first kappa shape index (κ1) is 42.4. The highest BCUT2D eigenvalue weighted by molar-refractivity contribution is 5.71. The molecule has 0 saturated heterocycles. The van der Waals surface area contributed by atoms with Gasteiger partial charge in [0.15, 0.2) is 6.10 Å². The Bertz CT molecular complexity index is 676. The Morgan fingerprint density at radius 2 is 0.864 bits per heavy atom. The zero-order valence-corrected chi connectivity index (χ0v) is 29.8. The highest BCUT2D eigenvalue weighted by atomic mass is 16.6. The third kappa shape index (κ3) is 30.4. The second-order valence-corrected chi connectivity index (χ2v) is 13.6. The van der Waals surface area contributed by atoms with Crippen LogP contribution in [-0.2, 0) is 28.6 Å². The van der Waals surface area contributed by atoms with Crippen molar-refractivity contribution < 1.29 is 28.6 Å². The average Bonchev–Trinajstić information content (AvgIpc) is 3.00. The maximum atomic E-state index is 12.4. The topological polar surface area (TPSA) is 78.9 Å². The third-order valence-corrected chi connectivity index (χ3v) is 8.58. The van der Waals surface area contributed by atoms with E-state index in [2.05, 4.69) is 34.6 Å². The van der Waals surface area contributed by atoms with Crippen molar-refractivity contribution in [2.24, 2.45) is 11.8 Å². The van der Waals surface area contributed by atoms with Gasteiger partial charge in [-0.3, -0.25) is 14.4 Å². The predicted molar refractivity (Wildman–Crippen MR) is 183 cm³/mol. The van der Waals surface area contributed by atoms with Gasteiger partial charge in [-0.15, -0.1) is 0 Å². The molecule has 0 N–H and O–H groups in total. The maximum absolute atomic E-state index is 12.4. The molecule has 0 aromatic carbocycles. The second-order valence-electron chi connectivity index (χ2n) is 13.6. The van der Waals surface area contributed by atoms with Gasteiger partial charge in [-0.1, -0.05) is 157 Å². The Kier molecular flexibility index (Phi) is 30.3. The van der Waals surface area contributed by atoms with Crippen molar-refractivity contribution in [1.29, 1.82) is 0 Å². The van der Waals surface area contributed by atoms with Gasteiger partial charge in [0.2, 0.25) is 0 Å². The van der Waals surface area contributed by atoms with Gasteiger partial charge in [-0.25, -0.2) is 0 Å². The summed E-state index contributed by atoms with van der Waals surface area (Å²) in [4.78, 5) is 37.1. The molecule has 0 aliphatic heterocycles. The quantitative estimate of drug-likeness (QED) is 0.0421. The van der Waals surface area contributed by atoms with Crippen molar-refractivity contribution in [3.63, 3.8) is 0 Å². The van der Waals surface area contributed by atoms with E-state index in [1.807, 2.05) is 0 Å². The highest BCUT2D eigenvalue weighted by Crippen LogP contribution is 2.16. The Balaban J connectivity index is 4.26. The van der Waals surface area contributed by atoms with Crippen LogP contribution in [0.25, 0.3) is 0 Å². The molecule has 6 heteroatoms. The van der Waals surface area contributed by atoms with Crippen LogP contribution in [0.1, 0.15) is 195 Å². The van der Waals surface area contributed by atoms with E-state index >= 15 is 0 Å². The molecule has 0 bridgehead atoms. The molecule has 1 unspecified atom stereocenters. The lowest BCUT2D eigenvalue weighted by Crippen LogP contribution is -2.30. The molecule has 6 nitrogen and oxygen atoms in total. The average molecular weight is 625 g/mol. The van der Waals surface area contributed by atoms with Crippen LogP contribution in [0.2, 0.25) is 0 Å². The Labute approximate surface area is 272 Å². The van der Waals surface area contributed by atoms with Crippen molar-refractivity contribution in [2.45, 2.75) is 201 Å². The number of carbonyl (C=O) groups is 3. The van der Waals surface area contributed by atoms with Crippen molar-refractivity contribution in [2.75, 3.05) is 13.2 Å². The zero-order valence-electron chi connectivity index (χ0n) is 29.8. The first-order valence-electron chi connectivity index (χ1n) is 18.8. The smallest absolute Gasteiger partial charge is 0.306 e. The van der Waals surface area contributed by atoms with E-state index in [4.69, 9.17) is 14.2 Å². The van der Waals surface area contributed by atoms with Crippen LogP contribution in [0.3, 0.4) is 0 Å². The summed E-state index contributed by atoms with van der Waals surface area (Å²) in [5, 5.41) is 0. The fourth-order valence-electron chi connectivity index (χ4n) is 5.31. The molecule has 2 atom stereocenters. The molecular weight excluding hydrogens is 552 g/mol. The van der Waals surface area contributed by atoms with Crippen LogP contribution in [-0.4, -0.2) is 37.2 Å². The molecule has 0 rings (SSSR count). The summed E-state index contributed by atoms with van der Waals surface area (Å²) in [6.07, 6.45) is 25.6. The molecule has 0 amide bonds. The maximum Gasteiger partial charge on any atom is 0.306 e. The summed E-state index contributed by atoms with van der Waals surface area (Å²) in [6, 6.07) is 0. The summed E-state index contributed by atoms with van der Waals surface area (Å²) in [6.45, 7) is 11.1. The van der Waals surface area contributed by atoms with Gasteiger partial charge in [0.25, 0.3) is 0 Å². The van der Waals surface area contributed by atoms with Crippen molar-refractivity contribution >= 4 is 17.9 Å². The van der Waals surface area contributed by atoms with E-state index in [0.717, 1.165) is 76.0 Å². The standard InChI is InChI=1S/C38H72O6/c1-6-8-9-16-25-30-38(41)44-35(32-43-37(40)29-24-20-15-14-17-21-26-33(3)4)31-42-36(39)28-23-19-13-11-10-12-18-22-27-34(5)7-2/h33-35H,6-32H2,1-5H3/t34?,35-/m1/s1. The molecule has 0 aliphatic carbocycles.